The summed E-state index contributed by atoms with van der Waals surface area (Å²) in [6, 6.07) is 2.63. The molecule has 0 bridgehead atoms. The van der Waals surface area contributed by atoms with Gasteiger partial charge in [-0.15, -0.1) is 0 Å². The van der Waals surface area contributed by atoms with Gasteiger partial charge in [0.05, 0.1) is 23.0 Å². The highest BCUT2D eigenvalue weighted by atomic mass is 35.5. The number of nitrogen functional groups attached to an aromatic ring is 1. The predicted octanol–water partition coefficient (Wildman–Crippen LogP) is 3.90. The molecule has 1 aromatic carbocycles. The molecule has 0 aliphatic carbocycles. The van der Waals surface area contributed by atoms with Gasteiger partial charge in [0, 0.05) is 18.8 Å². The number of fused-ring (bicyclic) bond motifs is 1. The van der Waals surface area contributed by atoms with E-state index >= 15 is 0 Å². The van der Waals surface area contributed by atoms with Crippen LogP contribution in [0.1, 0.15) is 31.1 Å². The smallest absolute Gasteiger partial charge is 0.382 e. The molecule has 36 heavy (non-hydrogen) atoms. The fourth-order valence-electron chi connectivity index (χ4n) is 4.09. The second-order valence-electron chi connectivity index (χ2n) is 8.56. The fourth-order valence-corrected chi connectivity index (χ4v) is 4.32. The van der Waals surface area contributed by atoms with Crippen molar-refractivity contribution in [3.63, 3.8) is 0 Å². The van der Waals surface area contributed by atoms with Crippen LogP contribution in [0.25, 0.3) is 11.2 Å². The van der Waals surface area contributed by atoms with Gasteiger partial charge in [0.2, 0.25) is 0 Å². The van der Waals surface area contributed by atoms with E-state index in [1.54, 1.807) is 6.33 Å². The number of nitrogens with zero attached hydrogens (tertiary/aromatic N) is 5. The van der Waals surface area contributed by atoms with Gasteiger partial charge in [0.1, 0.15) is 18.1 Å². The van der Waals surface area contributed by atoms with Crippen molar-refractivity contribution in [2.24, 2.45) is 0 Å². The molecule has 1 fully saturated rings. The van der Waals surface area contributed by atoms with E-state index in [2.05, 4.69) is 30.5 Å². The molecule has 1 aliphatic rings. The van der Waals surface area contributed by atoms with E-state index in [1.807, 2.05) is 11.6 Å². The molecular formula is C22H26ClF3N8O2. The highest BCUT2D eigenvalue weighted by molar-refractivity contribution is 6.31. The number of hydrogen-bond donors (Lipinski definition) is 3. The molecule has 2 aromatic heterocycles. The minimum atomic E-state index is -4.60. The van der Waals surface area contributed by atoms with Crippen LogP contribution < -0.4 is 16.4 Å². The molecule has 0 saturated carbocycles. The molecule has 194 valence electrons. The summed E-state index contributed by atoms with van der Waals surface area (Å²) in [5.41, 5.74) is 6.05. The van der Waals surface area contributed by atoms with Crippen molar-refractivity contribution in [3.05, 3.63) is 41.4 Å². The molecule has 4 rings (SSSR count). The standard InChI is InChI=1S/C22H26ClF3N8O2/c1-33(8-2-7-28-21(35)32-13-3-5-16(23)15(9-13)22(24,25)26)10-14-4-6-17(36-14)34-12-31-18-19(27)29-11-30-20(18)34/h3,5,9,11-12,14,17H,2,4,6-8,10H2,1H3,(H2,27,29,30)(H2,28,32,35). The third-order valence-corrected chi connectivity index (χ3v) is 6.16. The molecule has 0 spiro atoms. The number of ether oxygens (including phenoxy) is 1. The van der Waals surface area contributed by atoms with Crippen molar-refractivity contribution in [1.29, 1.82) is 0 Å². The maximum atomic E-state index is 13.0. The first-order chi connectivity index (χ1) is 17.1. The van der Waals surface area contributed by atoms with Gasteiger partial charge in [-0.1, -0.05) is 11.6 Å². The minimum absolute atomic E-state index is 0.00843. The number of amides is 2. The Hall–Kier alpha value is -3.16. The van der Waals surface area contributed by atoms with Crippen LogP contribution in [0.2, 0.25) is 5.02 Å². The number of likely N-dealkylation sites (N-methyl/N-ethyl adjacent to an activating group) is 1. The van der Waals surface area contributed by atoms with Gasteiger partial charge in [0.25, 0.3) is 0 Å². The van der Waals surface area contributed by atoms with Crippen molar-refractivity contribution in [2.45, 2.75) is 37.8 Å². The zero-order valence-corrected chi connectivity index (χ0v) is 20.2. The Bertz CT molecular complexity index is 1220. The first-order valence-corrected chi connectivity index (χ1v) is 11.7. The van der Waals surface area contributed by atoms with Gasteiger partial charge in [-0.3, -0.25) is 4.57 Å². The normalized spacial score (nSPS) is 18.2. The third kappa shape index (κ3) is 6.15. The molecule has 14 heteroatoms. The number of carbonyl (C=O) groups excluding carboxylic acids is 1. The summed E-state index contributed by atoms with van der Waals surface area (Å²) in [5.74, 6) is 0.328. The number of anilines is 2. The molecule has 10 nitrogen and oxygen atoms in total. The summed E-state index contributed by atoms with van der Waals surface area (Å²) in [6.45, 7) is 1.76. The molecule has 4 N–H and O–H groups in total. The van der Waals surface area contributed by atoms with Crippen molar-refractivity contribution in [2.75, 3.05) is 37.7 Å². The van der Waals surface area contributed by atoms with E-state index in [-0.39, 0.29) is 18.0 Å². The zero-order chi connectivity index (χ0) is 25.9. The number of urea groups is 1. The Balaban J connectivity index is 1.18. The Labute approximate surface area is 210 Å². The number of hydrogen-bond acceptors (Lipinski definition) is 7. The summed E-state index contributed by atoms with van der Waals surface area (Å²) >= 11 is 5.60. The first-order valence-electron chi connectivity index (χ1n) is 11.3. The summed E-state index contributed by atoms with van der Waals surface area (Å²) in [4.78, 5) is 26.7. The average molecular weight is 527 g/mol. The van der Waals surface area contributed by atoms with Crippen LogP contribution in [-0.2, 0) is 10.9 Å². The van der Waals surface area contributed by atoms with Crippen LogP contribution in [0.4, 0.5) is 29.5 Å². The largest absolute Gasteiger partial charge is 0.417 e. The van der Waals surface area contributed by atoms with E-state index in [4.69, 9.17) is 22.1 Å². The molecule has 3 aromatic rings. The Morgan fingerprint density at radius 2 is 2.11 bits per heavy atom. The van der Waals surface area contributed by atoms with Crippen LogP contribution >= 0.6 is 11.6 Å². The van der Waals surface area contributed by atoms with E-state index in [1.165, 1.54) is 12.4 Å². The predicted molar refractivity (Wildman–Crippen MR) is 128 cm³/mol. The quantitative estimate of drug-likeness (QED) is 0.380. The number of alkyl halides is 3. The van der Waals surface area contributed by atoms with Gasteiger partial charge < -0.3 is 26.0 Å². The van der Waals surface area contributed by atoms with E-state index < -0.39 is 22.8 Å². The minimum Gasteiger partial charge on any atom is -0.382 e. The third-order valence-electron chi connectivity index (χ3n) is 5.83. The monoisotopic (exact) mass is 526 g/mol. The highest BCUT2D eigenvalue weighted by Gasteiger charge is 2.33. The first kappa shape index (κ1) is 25.9. The van der Waals surface area contributed by atoms with Crippen molar-refractivity contribution in [1.82, 2.24) is 29.7 Å². The Morgan fingerprint density at radius 3 is 2.89 bits per heavy atom. The zero-order valence-electron chi connectivity index (χ0n) is 19.4. The molecule has 0 radical (unpaired) electrons. The lowest BCUT2D eigenvalue weighted by Gasteiger charge is -2.22. The van der Waals surface area contributed by atoms with Crippen LogP contribution in [-0.4, -0.2) is 63.2 Å². The molecule has 2 atom stereocenters. The maximum Gasteiger partial charge on any atom is 0.417 e. The number of nitrogens with two attached hydrogens (primary N) is 1. The van der Waals surface area contributed by atoms with Gasteiger partial charge in [-0.2, -0.15) is 13.2 Å². The van der Waals surface area contributed by atoms with Crippen molar-refractivity contribution < 1.29 is 22.7 Å². The number of carbonyl (C=O) groups is 1. The average Bonchev–Trinajstić information content (AvgIpc) is 3.45. The lowest BCUT2D eigenvalue weighted by atomic mass is 10.2. The summed E-state index contributed by atoms with van der Waals surface area (Å²) in [6.07, 6.45) is 0.647. The molecule has 3 heterocycles. The number of aromatic nitrogens is 4. The van der Waals surface area contributed by atoms with Crippen LogP contribution in [0.15, 0.2) is 30.9 Å². The number of imidazole rings is 1. The highest BCUT2D eigenvalue weighted by Crippen LogP contribution is 2.36. The number of halogens is 4. The summed E-state index contributed by atoms with van der Waals surface area (Å²) in [7, 11) is 1.96. The van der Waals surface area contributed by atoms with Crippen molar-refractivity contribution in [3.8, 4) is 0 Å². The fraction of sp³-hybridized carbons (Fsp3) is 0.455. The number of benzene rings is 1. The van der Waals surface area contributed by atoms with Gasteiger partial charge >= 0.3 is 12.2 Å². The van der Waals surface area contributed by atoms with Crippen molar-refractivity contribution >= 4 is 40.3 Å². The van der Waals surface area contributed by atoms with Gasteiger partial charge in [0.15, 0.2) is 11.5 Å². The second kappa shape index (κ2) is 10.8. The lowest BCUT2D eigenvalue weighted by molar-refractivity contribution is -0.137. The summed E-state index contributed by atoms with van der Waals surface area (Å²) in [5, 5.41) is 4.62. The topological polar surface area (TPSA) is 123 Å². The Kier molecular flexibility index (Phi) is 7.81. The summed E-state index contributed by atoms with van der Waals surface area (Å²) < 4.78 is 47.0. The van der Waals surface area contributed by atoms with E-state index in [0.29, 0.717) is 43.0 Å². The van der Waals surface area contributed by atoms with E-state index in [0.717, 1.165) is 25.0 Å². The van der Waals surface area contributed by atoms with Crippen LogP contribution in [0.5, 0.6) is 0 Å². The second-order valence-corrected chi connectivity index (χ2v) is 8.97. The maximum absolute atomic E-state index is 13.0. The number of rotatable bonds is 8. The molecular weight excluding hydrogens is 501 g/mol. The van der Waals surface area contributed by atoms with E-state index in [9.17, 15) is 18.0 Å². The van der Waals surface area contributed by atoms with Crippen LogP contribution in [0, 0.1) is 0 Å². The lowest BCUT2D eigenvalue weighted by Crippen LogP contribution is -2.34. The molecule has 1 saturated heterocycles. The van der Waals surface area contributed by atoms with Gasteiger partial charge in [-0.25, -0.2) is 19.7 Å². The van der Waals surface area contributed by atoms with Crippen LogP contribution in [0.3, 0.4) is 0 Å². The molecule has 2 amide bonds. The molecule has 2 unspecified atom stereocenters. The van der Waals surface area contributed by atoms with Gasteiger partial charge in [-0.05, 0) is 51.1 Å². The number of nitrogens with one attached hydrogen (secondary N) is 2. The SMILES string of the molecule is CN(CCCNC(=O)Nc1ccc(Cl)c(C(F)(F)F)c1)CC1CCC(n2cnc3c(N)ncnc32)O1. The Morgan fingerprint density at radius 1 is 1.31 bits per heavy atom. The molecule has 1 aliphatic heterocycles.